The number of nitrogens with zero attached hydrogens (tertiary/aromatic N) is 2. The van der Waals surface area contributed by atoms with E-state index in [9.17, 15) is 9.18 Å². The Bertz CT molecular complexity index is 556. The molecule has 0 bridgehead atoms. The summed E-state index contributed by atoms with van der Waals surface area (Å²) in [4.78, 5) is 17.6. The maximum atomic E-state index is 13.3. The van der Waals surface area contributed by atoms with Gasteiger partial charge in [0.25, 0.3) is 5.91 Å². The van der Waals surface area contributed by atoms with Crippen molar-refractivity contribution in [2.45, 2.75) is 6.54 Å². The predicted molar refractivity (Wildman–Crippen MR) is 68.7 cm³/mol. The van der Waals surface area contributed by atoms with E-state index in [1.165, 1.54) is 28.4 Å². The SMILES string of the molecule is CN(Cc1cscn1)C(=O)c1ccc(N)c(F)c1. The van der Waals surface area contributed by atoms with Crippen LogP contribution in [0.2, 0.25) is 0 Å². The summed E-state index contributed by atoms with van der Waals surface area (Å²) in [5.41, 5.74) is 8.20. The monoisotopic (exact) mass is 265 g/mol. The van der Waals surface area contributed by atoms with Crippen molar-refractivity contribution in [1.82, 2.24) is 9.88 Å². The highest BCUT2D eigenvalue weighted by Gasteiger charge is 2.14. The normalized spacial score (nSPS) is 10.3. The van der Waals surface area contributed by atoms with E-state index in [1.54, 1.807) is 12.6 Å². The van der Waals surface area contributed by atoms with Crippen molar-refractivity contribution >= 4 is 22.9 Å². The fourth-order valence-electron chi connectivity index (χ4n) is 1.51. The Balaban J connectivity index is 2.12. The van der Waals surface area contributed by atoms with E-state index in [1.807, 2.05) is 5.38 Å². The van der Waals surface area contributed by atoms with Crippen LogP contribution < -0.4 is 5.73 Å². The van der Waals surface area contributed by atoms with Crippen LogP contribution in [0.5, 0.6) is 0 Å². The highest BCUT2D eigenvalue weighted by Crippen LogP contribution is 2.14. The molecule has 1 amide bonds. The number of benzene rings is 1. The average Bonchev–Trinajstić information content (AvgIpc) is 2.84. The number of rotatable bonds is 3. The lowest BCUT2D eigenvalue weighted by atomic mass is 10.1. The van der Waals surface area contributed by atoms with Crippen LogP contribution in [-0.4, -0.2) is 22.8 Å². The molecule has 2 rings (SSSR count). The number of amides is 1. The molecule has 0 fully saturated rings. The maximum absolute atomic E-state index is 13.3. The molecule has 0 saturated heterocycles. The zero-order valence-electron chi connectivity index (χ0n) is 9.76. The number of nitrogen functional groups attached to an aromatic ring is 1. The topological polar surface area (TPSA) is 59.2 Å². The Hall–Kier alpha value is -1.95. The van der Waals surface area contributed by atoms with Crippen LogP contribution in [-0.2, 0) is 6.54 Å². The lowest BCUT2D eigenvalue weighted by molar-refractivity contribution is 0.0783. The number of aromatic nitrogens is 1. The summed E-state index contributed by atoms with van der Waals surface area (Å²) in [5.74, 6) is -0.843. The molecule has 1 aromatic heterocycles. The number of anilines is 1. The third-order valence-corrected chi connectivity index (χ3v) is 3.11. The van der Waals surface area contributed by atoms with Gasteiger partial charge in [0.15, 0.2) is 0 Å². The largest absolute Gasteiger partial charge is 0.396 e. The molecule has 0 aliphatic rings. The van der Waals surface area contributed by atoms with E-state index in [4.69, 9.17) is 5.73 Å². The molecule has 1 heterocycles. The Morgan fingerprint density at radius 2 is 2.33 bits per heavy atom. The molecule has 0 unspecified atom stereocenters. The number of halogens is 1. The summed E-state index contributed by atoms with van der Waals surface area (Å²) in [6.45, 7) is 0.397. The van der Waals surface area contributed by atoms with Crippen molar-refractivity contribution in [2.24, 2.45) is 0 Å². The van der Waals surface area contributed by atoms with Crippen LogP contribution in [0.25, 0.3) is 0 Å². The van der Waals surface area contributed by atoms with Gasteiger partial charge in [-0.1, -0.05) is 0 Å². The van der Waals surface area contributed by atoms with Crippen LogP contribution in [0.3, 0.4) is 0 Å². The van der Waals surface area contributed by atoms with Gasteiger partial charge in [-0.25, -0.2) is 9.37 Å². The van der Waals surface area contributed by atoms with Gasteiger partial charge in [-0.05, 0) is 18.2 Å². The van der Waals surface area contributed by atoms with Crippen LogP contribution in [0.1, 0.15) is 16.1 Å². The van der Waals surface area contributed by atoms with Crippen molar-refractivity contribution in [3.05, 3.63) is 46.2 Å². The zero-order chi connectivity index (χ0) is 13.1. The smallest absolute Gasteiger partial charge is 0.254 e. The predicted octanol–water partition coefficient (Wildman–Crippen LogP) is 2.14. The number of nitrogens with two attached hydrogens (primary N) is 1. The molecular weight excluding hydrogens is 253 g/mol. The van der Waals surface area contributed by atoms with Crippen molar-refractivity contribution in [1.29, 1.82) is 0 Å². The lowest BCUT2D eigenvalue weighted by Crippen LogP contribution is -2.26. The van der Waals surface area contributed by atoms with Gasteiger partial charge in [0.1, 0.15) is 5.82 Å². The Morgan fingerprint density at radius 3 is 2.94 bits per heavy atom. The van der Waals surface area contributed by atoms with Gasteiger partial charge < -0.3 is 10.6 Å². The van der Waals surface area contributed by atoms with E-state index < -0.39 is 5.82 Å². The second kappa shape index (κ2) is 5.14. The Morgan fingerprint density at radius 1 is 1.56 bits per heavy atom. The Labute approximate surface area is 108 Å². The maximum Gasteiger partial charge on any atom is 0.254 e. The number of thiazole rings is 1. The molecular formula is C12H12FN3OS. The van der Waals surface area contributed by atoms with Crippen molar-refractivity contribution in [2.75, 3.05) is 12.8 Å². The summed E-state index contributed by atoms with van der Waals surface area (Å²) in [6.07, 6.45) is 0. The molecule has 2 N–H and O–H groups in total. The lowest BCUT2D eigenvalue weighted by Gasteiger charge is -2.16. The van der Waals surface area contributed by atoms with Gasteiger partial charge in [0, 0.05) is 18.0 Å². The number of hydrogen-bond donors (Lipinski definition) is 1. The quantitative estimate of drug-likeness (QED) is 0.865. The first-order valence-electron chi connectivity index (χ1n) is 5.25. The van der Waals surface area contributed by atoms with Crippen molar-refractivity contribution < 1.29 is 9.18 Å². The van der Waals surface area contributed by atoms with Gasteiger partial charge >= 0.3 is 0 Å². The minimum atomic E-state index is -0.581. The second-order valence-electron chi connectivity index (χ2n) is 3.88. The molecule has 94 valence electrons. The molecule has 2 aromatic rings. The molecule has 0 aliphatic heterocycles. The first-order chi connectivity index (χ1) is 8.58. The van der Waals surface area contributed by atoms with Gasteiger partial charge in [-0.15, -0.1) is 11.3 Å². The van der Waals surface area contributed by atoms with Crippen LogP contribution in [0.4, 0.5) is 10.1 Å². The standard InChI is InChI=1S/C12H12FN3OS/c1-16(5-9-6-18-7-15-9)12(17)8-2-3-11(14)10(13)4-8/h2-4,6-7H,5,14H2,1H3. The zero-order valence-corrected chi connectivity index (χ0v) is 10.6. The molecule has 4 nitrogen and oxygen atoms in total. The molecule has 0 aliphatic carbocycles. The van der Waals surface area contributed by atoms with Crippen LogP contribution in [0.15, 0.2) is 29.1 Å². The molecule has 0 radical (unpaired) electrons. The molecule has 0 spiro atoms. The Kier molecular flexibility index (Phi) is 3.57. The van der Waals surface area contributed by atoms with Gasteiger partial charge in [0.05, 0.1) is 23.4 Å². The van der Waals surface area contributed by atoms with Crippen molar-refractivity contribution in [3.8, 4) is 0 Å². The van der Waals surface area contributed by atoms with E-state index in [0.29, 0.717) is 6.54 Å². The minimum Gasteiger partial charge on any atom is -0.396 e. The number of carbonyl (C=O) groups excluding carboxylic acids is 1. The van der Waals surface area contributed by atoms with Gasteiger partial charge in [-0.2, -0.15) is 0 Å². The fourth-order valence-corrected chi connectivity index (χ4v) is 2.06. The molecule has 0 atom stereocenters. The van der Waals surface area contributed by atoms with Crippen LogP contribution >= 0.6 is 11.3 Å². The summed E-state index contributed by atoms with van der Waals surface area (Å²) in [6, 6.07) is 4.05. The van der Waals surface area contributed by atoms with Gasteiger partial charge in [0.2, 0.25) is 0 Å². The first kappa shape index (κ1) is 12.5. The minimum absolute atomic E-state index is 0.0358. The fraction of sp³-hybridized carbons (Fsp3) is 0.167. The van der Waals surface area contributed by atoms with E-state index in [2.05, 4.69) is 4.98 Å². The highest BCUT2D eigenvalue weighted by atomic mass is 32.1. The van der Waals surface area contributed by atoms with Crippen molar-refractivity contribution in [3.63, 3.8) is 0 Å². The third kappa shape index (κ3) is 2.65. The summed E-state index contributed by atoms with van der Waals surface area (Å²) in [7, 11) is 1.65. The average molecular weight is 265 g/mol. The second-order valence-corrected chi connectivity index (χ2v) is 4.60. The summed E-state index contributed by atoms with van der Waals surface area (Å²) in [5, 5.41) is 1.87. The van der Waals surface area contributed by atoms with E-state index in [0.717, 1.165) is 11.8 Å². The number of hydrogen-bond acceptors (Lipinski definition) is 4. The van der Waals surface area contributed by atoms with E-state index >= 15 is 0 Å². The van der Waals surface area contributed by atoms with Gasteiger partial charge in [-0.3, -0.25) is 4.79 Å². The molecule has 1 aromatic carbocycles. The molecule has 6 heteroatoms. The highest BCUT2D eigenvalue weighted by molar-refractivity contribution is 7.07. The summed E-state index contributed by atoms with van der Waals surface area (Å²) < 4.78 is 13.3. The van der Waals surface area contributed by atoms with E-state index in [-0.39, 0.29) is 17.2 Å². The first-order valence-corrected chi connectivity index (χ1v) is 6.20. The third-order valence-electron chi connectivity index (χ3n) is 2.48. The number of carbonyl (C=O) groups is 1. The molecule has 18 heavy (non-hydrogen) atoms. The summed E-state index contributed by atoms with van der Waals surface area (Å²) >= 11 is 1.47. The molecule has 0 saturated carbocycles. The van der Waals surface area contributed by atoms with Crippen LogP contribution in [0, 0.1) is 5.82 Å².